The minimum Gasteiger partial charge on any atom is -0.478 e. The number of nitrogens with two attached hydrogens (primary N) is 1. The number of carbonyl (C=O) groups excluding carboxylic acids is 1. The molecule has 3 N–H and O–H groups in total. The number of aromatic nitrogens is 1. The van der Waals surface area contributed by atoms with Gasteiger partial charge in [-0.15, -0.1) is 0 Å². The van der Waals surface area contributed by atoms with Crippen molar-refractivity contribution in [3.8, 4) is 0 Å². The smallest absolute Gasteiger partial charge is 0.337 e. The van der Waals surface area contributed by atoms with E-state index >= 15 is 0 Å². The fraction of sp³-hybridized carbons (Fsp3) is 0.417. The van der Waals surface area contributed by atoms with Gasteiger partial charge in [-0.05, 0) is 18.9 Å². The summed E-state index contributed by atoms with van der Waals surface area (Å²) in [6.07, 6.45) is 2.60. The van der Waals surface area contributed by atoms with E-state index in [1.54, 1.807) is 0 Å². The number of nitrogens with zero attached hydrogens (tertiary/aromatic N) is 2. The van der Waals surface area contributed by atoms with E-state index in [2.05, 4.69) is 4.98 Å². The molecular formula is C12H14ClN3O3. The zero-order chi connectivity index (χ0) is 14.0. The second-order valence-corrected chi connectivity index (χ2v) is 4.91. The van der Waals surface area contributed by atoms with Crippen LogP contribution in [-0.4, -0.2) is 35.1 Å². The highest BCUT2D eigenvalue weighted by atomic mass is 35.5. The first-order valence-electron chi connectivity index (χ1n) is 5.92. The fourth-order valence-electron chi connectivity index (χ4n) is 2.16. The molecular weight excluding hydrogens is 270 g/mol. The average molecular weight is 284 g/mol. The number of carboxylic acid groups (broad SMARTS) is 1. The molecule has 0 aromatic carbocycles. The van der Waals surface area contributed by atoms with Crippen LogP contribution >= 0.6 is 11.6 Å². The maximum atomic E-state index is 11.1. The van der Waals surface area contributed by atoms with Crippen molar-refractivity contribution >= 4 is 29.3 Å². The van der Waals surface area contributed by atoms with Crippen LogP contribution in [0, 0.1) is 5.92 Å². The van der Waals surface area contributed by atoms with E-state index in [0.29, 0.717) is 36.8 Å². The lowest BCUT2D eigenvalue weighted by Gasteiger charge is -2.31. The molecule has 1 saturated heterocycles. The van der Waals surface area contributed by atoms with Crippen LogP contribution in [-0.2, 0) is 4.79 Å². The second kappa shape index (κ2) is 5.44. The highest BCUT2D eigenvalue weighted by molar-refractivity contribution is 6.33. The van der Waals surface area contributed by atoms with Crippen molar-refractivity contribution in [2.75, 3.05) is 18.0 Å². The Kier molecular flexibility index (Phi) is 3.90. The monoisotopic (exact) mass is 283 g/mol. The van der Waals surface area contributed by atoms with Crippen molar-refractivity contribution in [1.82, 2.24) is 4.98 Å². The summed E-state index contributed by atoms with van der Waals surface area (Å²) in [6, 6.07) is 1.38. The highest BCUT2D eigenvalue weighted by Crippen LogP contribution is 2.28. The number of carboxylic acids is 1. The molecule has 0 unspecified atom stereocenters. The molecule has 2 heterocycles. The Balaban J connectivity index is 2.11. The Bertz CT molecular complexity index is 513. The van der Waals surface area contributed by atoms with E-state index in [0.717, 1.165) is 0 Å². The van der Waals surface area contributed by atoms with E-state index in [1.165, 1.54) is 12.3 Å². The second-order valence-electron chi connectivity index (χ2n) is 4.50. The molecule has 0 saturated carbocycles. The normalized spacial score (nSPS) is 16.4. The molecule has 1 aromatic rings. The lowest BCUT2D eigenvalue weighted by atomic mass is 9.96. The van der Waals surface area contributed by atoms with Crippen LogP contribution in [0.3, 0.4) is 0 Å². The molecule has 1 fully saturated rings. The van der Waals surface area contributed by atoms with Gasteiger partial charge < -0.3 is 15.7 Å². The van der Waals surface area contributed by atoms with Crippen molar-refractivity contribution in [3.63, 3.8) is 0 Å². The van der Waals surface area contributed by atoms with E-state index in [9.17, 15) is 9.59 Å². The van der Waals surface area contributed by atoms with Gasteiger partial charge in [-0.3, -0.25) is 4.79 Å². The molecule has 0 bridgehead atoms. The Hall–Kier alpha value is -1.82. The van der Waals surface area contributed by atoms with Crippen molar-refractivity contribution < 1.29 is 14.7 Å². The molecule has 1 aliphatic rings. The van der Waals surface area contributed by atoms with Crippen LogP contribution in [0.15, 0.2) is 12.3 Å². The number of hydrogen-bond acceptors (Lipinski definition) is 4. The van der Waals surface area contributed by atoms with Crippen molar-refractivity contribution in [3.05, 3.63) is 22.8 Å². The molecule has 0 atom stereocenters. The van der Waals surface area contributed by atoms with E-state index in [-0.39, 0.29) is 17.4 Å². The molecule has 1 amide bonds. The van der Waals surface area contributed by atoms with Crippen LogP contribution in [0.4, 0.5) is 5.82 Å². The predicted octanol–water partition coefficient (Wildman–Crippen LogP) is 1.13. The van der Waals surface area contributed by atoms with Gasteiger partial charge >= 0.3 is 5.97 Å². The molecule has 19 heavy (non-hydrogen) atoms. The van der Waals surface area contributed by atoms with E-state index in [4.69, 9.17) is 22.4 Å². The summed E-state index contributed by atoms with van der Waals surface area (Å²) in [4.78, 5) is 27.9. The third-order valence-corrected chi connectivity index (χ3v) is 3.54. The van der Waals surface area contributed by atoms with E-state index < -0.39 is 5.97 Å². The molecule has 102 valence electrons. The summed E-state index contributed by atoms with van der Waals surface area (Å²) in [5.41, 5.74) is 5.33. The number of anilines is 1. The zero-order valence-corrected chi connectivity index (χ0v) is 10.9. The van der Waals surface area contributed by atoms with Gasteiger partial charge in [0.1, 0.15) is 5.82 Å². The highest BCUT2D eigenvalue weighted by Gasteiger charge is 2.25. The number of aromatic carboxylic acids is 1. The number of rotatable bonds is 3. The maximum absolute atomic E-state index is 11.1. The third-order valence-electron chi connectivity index (χ3n) is 3.27. The molecule has 1 aromatic heterocycles. The predicted molar refractivity (Wildman–Crippen MR) is 70.3 cm³/mol. The van der Waals surface area contributed by atoms with Gasteiger partial charge in [-0.1, -0.05) is 11.6 Å². The number of primary amides is 1. The Labute approximate surface area is 115 Å². The molecule has 6 nitrogen and oxygen atoms in total. The quantitative estimate of drug-likeness (QED) is 0.867. The lowest BCUT2D eigenvalue weighted by molar-refractivity contribution is -0.122. The Morgan fingerprint density at radius 1 is 1.42 bits per heavy atom. The fourth-order valence-corrected chi connectivity index (χ4v) is 2.44. The van der Waals surface area contributed by atoms with Gasteiger partial charge in [0.15, 0.2) is 0 Å². The van der Waals surface area contributed by atoms with Crippen molar-refractivity contribution in [2.24, 2.45) is 11.7 Å². The molecule has 1 aliphatic heterocycles. The number of amides is 1. The number of halogens is 1. The minimum absolute atomic E-state index is 0.0563. The van der Waals surface area contributed by atoms with Crippen LogP contribution in [0.1, 0.15) is 23.2 Å². The van der Waals surface area contributed by atoms with Crippen molar-refractivity contribution in [1.29, 1.82) is 0 Å². The first-order chi connectivity index (χ1) is 8.99. The number of carbonyl (C=O) groups is 2. The Morgan fingerprint density at radius 2 is 2.05 bits per heavy atom. The van der Waals surface area contributed by atoms with Gasteiger partial charge in [-0.2, -0.15) is 0 Å². The van der Waals surface area contributed by atoms with Gasteiger partial charge in [0.05, 0.1) is 10.6 Å². The summed E-state index contributed by atoms with van der Waals surface area (Å²) < 4.78 is 0. The summed E-state index contributed by atoms with van der Waals surface area (Å²) in [6.45, 7) is 1.26. The summed E-state index contributed by atoms with van der Waals surface area (Å²) >= 11 is 6.05. The summed E-state index contributed by atoms with van der Waals surface area (Å²) in [5, 5.41) is 9.15. The Morgan fingerprint density at radius 3 is 2.53 bits per heavy atom. The number of pyridine rings is 1. The van der Waals surface area contributed by atoms with Crippen molar-refractivity contribution in [2.45, 2.75) is 12.8 Å². The molecule has 2 rings (SSSR count). The maximum Gasteiger partial charge on any atom is 0.337 e. The minimum atomic E-state index is -1.06. The zero-order valence-electron chi connectivity index (χ0n) is 10.2. The van der Waals surface area contributed by atoms with E-state index in [1.807, 2.05) is 4.90 Å². The van der Waals surface area contributed by atoms with Gasteiger partial charge in [0.2, 0.25) is 5.91 Å². The lowest BCUT2D eigenvalue weighted by Crippen LogP contribution is -2.39. The van der Waals surface area contributed by atoms with Crippen LogP contribution in [0.2, 0.25) is 5.02 Å². The van der Waals surface area contributed by atoms with Crippen LogP contribution in [0.5, 0.6) is 0 Å². The van der Waals surface area contributed by atoms with Crippen LogP contribution < -0.4 is 10.6 Å². The SMILES string of the molecule is NC(=O)C1CCN(c2ncc(C(=O)O)cc2Cl)CC1. The molecule has 0 spiro atoms. The molecule has 0 aliphatic carbocycles. The number of hydrogen-bond donors (Lipinski definition) is 2. The van der Waals surface area contributed by atoms with Gasteiger partial charge in [0, 0.05) is 25.2 Å². The molecule has 0 radical (unpaired) electrons. The van der Waals surface area contributed by atoms with Crippen LogP contribution in [0.25, 0.3) is 0 Å². The summed E-state index contributed by atoms with van der Waals surface area (Å²) in [5.74, 6) is -0.892. The van der Waals surface area contributed by atoms with Gasteiger partial charge in [-0.25, -0.2) is 9.78 Å². The van der Waals surface area contributed by atoms with Gasteiger partial charge in [0.25, 0.3) is 0 Å². The third kappa shape index (κ3) is 2.96. The largest absolute Gasteiger partial charge is 0.478 e. The first-order valence-corrected chi connectivity index (χ1v) is 6.30. The average Bonchev–Trinajstić information content (AvgIpc) is 2.38. The topological polar surface area (TPSA) is 96.5 Å². The first kappa shape index (κ1) is 13.6. The number of piperidine rings is 1. The summed E-state index contributed by atoms with van der Waals surface area (Å²) in [7, 11) is 0. The molecule has 7 heteroatoms. The standard InChI is InChI=1S/C12H14ClN3O3/c13-9-5-8(12(18)19)6-15-11(9)16-3-1-7(2-4-16)10(14)17/h5-7H,1-4H2,(H2,14,17)(H,18,19).